The number of ketones is 1. The molecule has 4 aliphatic rings. The molecule has 0 bridgehead atoms. The van der Waals surface area contributed by atoms with Crippen molar-refractivity contribution in [2.75, 3.05) is 13.1 Å². The van der Waals surface area contributed by atoms with Crippen molar-refractivity contribution in [3.8, 4) is 11.8 Å². The number of carbonyl (C=O) groups excluding carboxylic acids is 1. The van der Waals surface area contributed by atoms with Crippen molar-refractivity contribution in [3.63, 3.8) is 0 Å². The molecule has 1 aliphatic heterocycles. The van der Waals surface area contributed by atoms with E-state index in [4.69, 9.17) is 4.74 Å². The van der Waals surface area contributed by atoms with Gasteiger partial charge in [-0.1, -0.05) is 32.4 Å². The Morgan fingerprint density at radius 2 is 1.81 bits per heavy atom. The molecule has 6 rings (SSSR count). The van der Waals surface area contributed by atoms with Crippen molar-refractivity contribution >= 4 is 11.4 Å². The van der Waals surface area contributed by atoms with E-state index in [2.05, 4.69) is 50.8 Å². The number of nitriles is 1. The molecule has 0 radical (unpaired) electrons. The van der Waals surface area contributed by atoms with Crippen LogP contribution in [0.3, 0.4) is 0 Å². The van der Waals surface area contributed by atoms with Crippen LogP contribution in [-0.2, 0) is 11.8 Å². The summed E-state index contributed by atoms with van der Waals surface area (Å²) in [6.45, 7) is 11.0. The van der Waals surface area contributed by atoms with Gasteiger partial charge in [0.05, 0.1) is 17.7 Å². The number of carbonyl (C=O) groups is 1. The second kappa shape index (κ2) is 8.60. The second-order valence-electron chi connectivity index (χ2n) is 12.0. The topological polar surface area (TPSA) is 53.3 Å². The fraction of sp³-hybridized carbons (Fsp3) is 0.500. The summed E-state index contributed by atoms with van der Waals surface area (Å²) < 4.78 is 6.38. The number of Topliss-reactive ketones (excluding diaryl/α,β-unsaturated/α-hetero) is 1. The summed E-state index contributed by atoms with van der Waals surface area (Å²) in [6.07, 6.45) is 7.18. The normalized spacial score (nSPS) is 21.6. The third kappa shape index (κ3) is 3.63. The summed E-state index contributed by atoms with van der Waals surface area (Å²) in [5.74, 6) is 1.44. The number of allylic oxidation sites excluding steroid dienone is 2. The highest BCUT2D eigenvalue weighted by Crippen LogP contribution is 2.52. The van der Waals surface area contributed by atoms with Gasteiger partial charge in [-0.2, -0.15) is 5.26 Å². The fourth-order valence-corrected chi connectivity index (χ4v) is 6.89. The van der Waals surface area contributed by atoms with Gasteiger partial charge in [-0.3, -0.25) is 4.79 Å². The summed E-state index contributed by atoms with van der Waals surface area (Å²) in [7, 11) is 0. The Kier molecular flexibility index (Phi) is 5.61. The van der Waals surface area contributed by atoms with Crippen LogP contribution in [0, 0.1) is 11.3 Å². The predicted molar refractivity (Wildman–Crippen MR) is 143 cm³/mol. The van der Waals surface area contributed by atoms with E-state index in [9.17, 15) is 10.1 Å². The number of ether oxygens (including phenoxy) is 1. The molecule has 4 heteroatoms. The smallest absolute Gasteiger partial charge is 0.194 e. The van der Waals surface area contributed by atoms with Crippen molar-refractivity contribution in [2.24, 2.45) is 0 Å². The summed E-state index contributed by atoms with van der Waals surface area (Å²) >= 11 is 0. The molecular weight excluding hydrogens is 444 g/mol. The zero-order valence-electron chi connectivity index (χ0n) is 22.0. The fourth-order valence-electron chi connectivity index (χ4n) is 6.89. The van der Waals surface area contributed by atoms with Gasteiger partial charge in [-0.15, -0.1) is 0 Å². The van der Waals surface area contributed by atoms with E-state index in [0.29, 0.717) is 11.5 Å². The number of hydrogen-bond donors (Lipinski definition) is 0. The number of nitrogens with zero attached hydrogens (tertiary/aromatic N) is 2. The zero-order valence-corrected chi connectivity index (χ0v) is 22.0. The SMILES string of the molecule is CC(C)Oc1cc2c(cc1C1CCN(C3CCC3)CC1)C(C)(C)C1=C(C2=O)c2ccc(C#N)cc2C1. The lowest BCUT2D eigenvalue weighted by atomic mass is 9.67. The highest BCUT2D eigenvalue weighted by molar-refractivity contribution is 6.33. The van der Waals surface area contributed by atoms with E-state index in [1.165, 1.54) is 30.4 Å². The van der Waals surface area contributed by atoms with Gasteiger partial charge < -0.3 is 9.64 Å². The molecule has 2 fully saturated rings. The number of benzene rings is 2. The minimum Gasteiger partial charge on any atom is -0.491 e. The van der Waals surface area contributed by atoms with E-state index in [0.717, 1.165) is 72.0 Å². The van der Waals surface area contributed by atoms with Gasteiger partial charge in [0.15, 0.2) is 5.78 Å². The van der Waals surface area contributed by atoms with Crippen LogP contribution in [0.5, 0.6) is 5.75 Å². The number of fused-ring (bicyclic) bond motifs is 3. The van der Waals surface area contributed by atoms with Crippen LogP contribution in [-0.4, -0.2) is 35.9 Å². The number of piperidine rings is 1. The molecule has 0 unspecified atom stereocenters. The maximum Gasteiger partial charge on any atom is 0.194 e. The monoisotopic (exact) mass is 480 g/mol. The molecule has 3 aliphatic carbocycles. The van der Waals surface area contributed by atoms with Crippen molar-refractivity contribution in [2.45, 2.75) is 89.7 Å². The molecule has 36 heavy (non-hydrogen) atoms. The Hall–Kier alpha value is -2.90. The van der Waals surface area contributed by atoms with E-state index < -0.39 is 0 Å². The molecule has 2 aromatic carbocycles. The molecule has 2 aromatic rings. The Morgan fingerprint density at radius 3 is 2.44 bits per heavy atom. The van der Waals surface area contributed by atoms with E-state index >= 15 is 0 Å². The lowest BCUT2D eigenvalue weighted by molar-refractivity contribution is 0.0967. The summed E-state index contributed by atoms with van der Waals surface area (Å²) in [5, 5.41) is 9.40. The predicted octanol–water partition coefficient (Wildman–Crippen LogP) is 6.56. The van der Waals surface area contributed by atoms with Gasteiger partial charge in [-0.25, -0.2) is 0 Å². The average Bonchev–Trinajstić information content (AvgIpc) is 3.22. The highest BCUT2D eigenvalue weighted by Gasteiger charge is 2.44. The molecule has 0 spiro atoms. The Bertz CT molecular complexity index is 1310. The minimum absolute atomic E-state index is 0.0509. The van der Waals surface area contributed by atoms with Crippen LogP contribution in [0.25, 0.3) is 5.57 Å². The van der Waals surface area contributed by atoms with Gasteiger partial charge in [0.1, 0.15) is 5.75 Å². The first-order valence-corrected chi connectivity index (χ1v) is 13.7. The van der Waals surface area contributed by atoms with Crippen LogP contribution in [0.1, 0.15) is 104 Å². The van der Waals surface area contributed by atoms with Crippen LogP contribution in [0.2, 0.25) is 0 Å². The summed E-state index contributed by atoms with van der Waals surface area (Å²) in [5.41, 5.74) is 7.69. The van der Waals surface area contributed by atoms with Crippen molar-refractivity contribution in [3.05, 3.63) is 69.3 Å². The maximum absolute atomic E-state index is 14.0. The van der Waals surface area contributed by atoms with Crippen LogP contribution in [0.4, 0.5) is 0 Å². The lowest BCUT2D eigenvalue weighted by Gasteiger charge is -2.42. The van der Waals surface area contributed by atoms with Crippen LogP contribution >= 0.6 is 0 Å². The number of likely N-dealkylation sites (tertiary alicyclic amines) is 1. The first-order valence-electron chi connectivity index (χ1n) is 13.7. The second-order valence-corrected chi connectivity index (χ2v) is 12.0. The van der Waals surface area contributed by atoms with Gasteiger partial charge in [-0.05, 0) is 111 Å². The Morgan fingerprint density at radius 1 is 1.06 bits per heavy atom. The van der Waals surface area contributed by atoms with E-state index in [1.807, 2.05) is 18.2 Å². The Labute approximate surface area is 215 Å². The molecule has 0 aromatic heterocycles. The number of hydrogen-bond acceptors (Lipinski definition) is 4. The van der Waals surface area contributed by atoms with Crippen LogP contribution in [0.15, 0.2) is 35.9 Å². The molecule has 0 amide bonds. The summed E-state index contributed by atoms with van der Waals surface area (Å²) in [4.78, 5) is 16.7. The van der Waals surface area contributed by atoms with Crippen molar-refractivity contribution in [1.29, 1.82) is 5.26 Å². The molecule has 4 nitrogen and oxygen atoms in total. The molecule has 0 atom stereocenters. The minimum atomic E-state index is -0.262. The largest absolute Gasteiger partial charge is 0.491 e. The standard InChI is InChI=1S/C32H36N2O2/c1-19(2)36-29-17-26-27(16-25(29)21-10-12-34(13-11-21)23-6-5-7-23)32(3,4)28-15-22-14-20(18-33)8-9-24(22)30(28)31(26)35/h8-9,14,16-17,19,21,23H,5-7,10-13,15H2,1-4H3. The number of rotatable bonds is 4. The molecule has 1 saturated carbocycles. The van der Waals surface area contributed by atoms with Crippen molar-refractivity contribution < 1.29 is 9.53 Å². The van der Waals surface area contributed by atoms with Crippen molar-refractivity contribution in [1.82, 2.24) is 4.90 Å². The molecular formula is C32H36N2O2. The van der Waals surface area contributed by atoms with Gasteiger partial charge in [0.25, 0.3) is 0 Å². The quantitative estimate of drug-likeness (QED) is 0.497. The van der Waals surface area contributed by atoms with Crippen LogP contribution < -0.4 is 4.74 Å². The Balaban J connectivity index is 1.40. The lowest BCUT2D eigenvalue weighted by Crippen LogP contribution is -2.44. The van der Waals surface area contributed by atoms with Gasteiger partial charge in [0, 0.05) is 22.6 Å². The molecule has 0 N–H and O–H groups in total. The molecule has 186 valence electrons. The third-order valence-corrected chi connectivity index (χ3v) is 9.15. The first-order chi connectivity index (χ1) is 17.3. The van der Waals surface area contributed by atoms with Gasteiger partial charge in [0.2, 0.25) is 0 Å². The highest BCUT2D eigenvalue weighted by atomic mass is 16.5. The summed E-state index contributed by atoms with van der Waals surface area (Å²) in [6, 6.07) is 13.2. The third-order valence-electron chi connectivity index (χ3n) is 9.15. The van der Waals surface area contributed by atoms with E-state index in [1.54, 1.807) is 0 Å². The molecule has 1 saturated heterocycles. The first kappa shape index (κ1) is 23.5. The van der Waals surface area contributed by atoms with Gasteiger partial charge >= 0.3 is 0 Å². The maximum atomic E-state index is 14.0. The average molecular weight is 481 g/mol. The molecule has 1 heterocycles. The zero-order chi connectivity index (χ0) is 25.2. The van der Waals surface area contributed by atoms with E-state index in [-0.39, 0.29) is 17.3 Å².